The summed E-state index contributed by atoms with van der Waals surface area (Å²) in [6.45, 7) is 0. The first-order chi connectivity index (χ1) is 12.4. The van der Waals surface area contributed by atoms with Gasteiger partial charge in [-0.05, 0) is 18.2 Å². The monoisotopic (exact) mass is 413 g/mol. The standard InChI is InChI=1S/C18H12BrN3O4/c19-11-6-7-13-12(8-11)15(16(24)20-13)21-22-17(25)14(23)9-18(22,26)10-4-2-1-3-5-10/h1-9,23,26H,(H,20,21,24)/t18-/m0/s1. The molecule has 2 amide bonds. The van der Waals surface area contributed by atoms with E-state index in [1.807, 2.05) is 0 Å². The molecule has 0 radical (unpaired) electrons. The van der Waals surface area contributed by atoms with Crippen molar-refractivity contribution < 1.29 is 19.8 Å². The maximum Gasteiger partial charge on any atom is 0.311 e. The van der Waals surface area contributed by atoms with Crippen LogP contribution in [0.5, 0.6) is 0 Å². The third-order valence-corrected chi connectivity index (χ3v) is 4.66. The van der Waals surface area contributed by atoms with Crippen molar-refractivity contribution in [2.45, 2.75) is 5.72 Å². The van der Waals surface area contributed by atoms with E-state index in [1.165, 1.54) is 0 Å². The molecule has 4 rings (SSSR count). The van der Waals surface area contributed by atoms with Crippen LogP contribution >= 0.6 is 15.9 Å². The van der Waals surface area contributed by atoms with Crippen LogP contribution in [0.25, 0.3) is 0 Å². The van der Waals surface area contributed by atoms with Crippen molar-refractivity contribution in [1.82, 2.24) is 5.01 Å². The fourth-order valence-corrected chi connectivity index (χ4v) is 3.27. The molecule has 2 aromatic rings. The second-order valence-corrected chi connectivity index (χ2v) is 6.75. The number of nitrogens with one attached hydrogen (secondary N) is 1. The van der Waals surface area contributed by atoms with Gasteiger partial charge in [0.25, 0.3) is 5.91 Å². The molecular weight excluding hydrogens is 402 g/mol. The van der Waals surface area contributed by atoms with Crippen LogP contribution < -0.4 is 5.32 Å². The van der Waals surface area contributed by atoms with Crippen molar-refractivity contribution in [2.75, 3.05) is 5.32 Å². The van der Waals surface area contributed by atoms with E-state index < -0.39 is 23.3 Å². The van der Waals surface area contributed by atoms with E-state index in [9.17, 15) is 19.8 Å². The third-order valence-electron chi connectivity index (χ3n) is 4.17. The van der Waals surface area contributed by atoms with Crippen LogP contribution in [0.2, 0.25) is 0 Å². The summed E-state index contributed by atoms with van der Waals surface area (Å²) in [5, 5.41) is 28.4. The molecule has 0 bridgehead atoms. The summed E-state index contributed by atoms with van der Waals surface area (Å²) in [6, 6.07) is 13.4. The fraction of sp³-hybridized carbons (Fsp3) is 0.0556. The Bertz CT molecular complexity index is 1000. The largest absolute Gasteiger partial charge is 0.503 e. The molecule has 0 fully saturated rings. The molecule has 0 aromatic heterocycles. The molecule has 7 nitrogen and oxygen atoms in total. The summed E-state index contributed by atoms with van der Waals surface area (Å²) < 4.78 is 0.729. The number of fused-ring (bicyclic) bond motifs is 1. The highest BCUT2D eigenvalue weighted by Crippen LogP contribution is 2.36. The summed E-state index contributed by atoms with van der Waals surface area (Å²) in [5.74, 6) is -2.05. The van der Waals surface area contributed by atoms with Crippen molar-refractivity contribution >= 4 is 39.1 Å². The first-order valence-electron chi connectivity index (χ1n) is 7.64. The molecule has 130 valence electrons. The first-order valence-corrected chi connectivity index (χ1v) is 8.43. The zero-order valence-corrected chi connectivity index (χ0v) is 14.8. The van der Waals surface area contributed by atoms with Crippen LogP contribution in [-0.4, -0.2) is 32.7 Å². The zero-order chi connectivity index (χ0) is 18.5. The second-order valence-electron chi connectivity index (χ2n) is 5.83. The van der Waals surface area contributed by atoms with Gasteiger partial charge < -0.3 is 15.5 Å². The summed E-state index contributed by atoms with van der Waals surface area (Å²) in [7, 11) is 0. The van der Waals surface area contributed by atoms with Crippen LogP contribution in [0.15, 0.2) is 69.9 Å². The van der Waals surface area contributed by atoms with Gasteiger partial charge in [-0.15, -0.1) is 0 Å². The van der Waals surface area contributed by atoms with Gasteiger partial charge in [0.15, 0.2) is 11.5 Å². The number of benzene rings is 2. The van der Waals surface area contributed by atoms with Crippen LogP contribution in [0, 0.1) is 0 Å². The van der Waals surface area contributed by atoms with Gasteiger partial charge in [0.05, 0.1) is 5.69 Å². The minimum absolute atomic E-state index is 0.0351. The topological polar surface area (TPSA) is 102 Å². The molecule has 0 spiro atoms. The lowest BCUT2D eigenvalue weighted by Gasteiger charge is -2.29. The van der Waals surface area contributed by atoms with E-state index >= 15 is 0 Å². The highest BCUT2D eigenvalue weighted by molar-refractivity contribution is 9.10. The molecular formula is C18H12BrN3O4. The van der Waals surface area contributed by atoms with Crippen LogP contribution in [0.1, 0.15) is 11.1 Å². The van der Waals surface area contributed by atoms with Crippen LogP contribution in [0.3, 0.4) is 0 Å². The second kappa shape index (κ2) is 5.79. The molecule has 2 aliphatic heterocycles. The lowest BCUT2D eigenvalue weighted by molar-refractivity contribution is -0.145. The zero-order valence-electron chi connectivity index (χ0n) is 13.2. The average Bonchev–Trinajstić information content (AvgIpc) is 3.05. The Morgan fingerprint density at radius 2 is 1.85 bits per heavy atom. The smallest absolute Gasteiger partial charge is 0.311 e. The third kappa shape index (κ3) is 2.42. The number of carbonyl (C=O) groups is 2. The highest BCUT2D eigenvalue weighted by atomic mass is 79.9. The first kappa shape index (κ1) is 16.5. The molecule has 26 heavy (non-hydrogen) atoms. The normalized spacial score (nSPS) is 23.2. The highest BCUT2D eigenvalue weighted by Gasteiger charge is 2.47. The van der Waals surface area contributed by atoms with Gasteiger partial charge in [0, 0.05) is 21.7 Å². The average molecular weight is 414 g/mol. The Labute approximate surface area is 156 Å². The predicted molar refractivity (Wildman–Crippen MR) is 97.2 cm³/mol. The van der Waals surface area contributed by atoms with E-state index in [1.54, 1.807) is 48.5 Å². The molecule has 0 saturated heterocycles. The van der Waals surface area contributed by atoms with Gasteiger partial charge in [0.1, 0.15) is 0 Å². The van der Waals surface area contributed by atoms with Crippen molar-refractivity contribution in [3.63, 3.8) is 0 Å². The summed E-state index contributed by atoms with van der Waals surface area (Å²) in [4.78, 5) is 24.7. The Morgan fingerprint density at radius 1 is 1.12 bits per heavy atom. The van der Waals surface area contributed by atoms with Crippen LogP contribution in [0.4, 0.5) is 5.69 Å². The minimum Gasteiger partial charge on any atom is -0.503 e. The number of halogens is 1. The number of aliphatic hydroxyl groups excluding tert-OH is 1. The Balaban J connectivity index is 1.85. The summed E-state index contributed by atoms with van der Waals surface area (Å²) in [5.41, 5.74) is -0.672. The van der Waals surface area contributed by atoms with Crippen molar-refractivity contribution in [3.8, 4) is 0 Å². The van der Waals surface area contributed by atoms with Gasteiger partial charge >= 0.3 is 5.91 Å². The van der Waals surface area contributed by atoms with E-state index in [4.69, 9.17) is 0 Å². The number of hydrogen-bond acceptors (Lipinski definition) is 5. The Hall–Kier alpha value is -2.97. The quantitative estimate of drug-likeness (QED) is 0.702. The van der Waals surface area contributed by atoms with E-state index in [0.717, 1.165) is 10.5 Å². The molecule has 1 atom stereocenters. The molecule has 3 N–H and O–H groups in total. The molecule has 2 heterocycles. The maximum absolute atomic E-state index is 12.4. The Kier molecular flexibility index (Phi) is 3.67. The van der Waals surface area contributed by atoms with Crippen LogP contribution in [-0.2, 0) is 15.3 Å². The molecule has 0 saturated carbocycles. The molecule has 0 unspecified atom stereocenters. The number of hydrazone groups is 1. The number of hydrogen-bond donors (Lipinski definition) is 3. The maximum atomic E-state index is 12.4. The fourth-order valence-electron chi connectivity index (χ4n) is 2.91. The van der Waals surface area contributed by atoms with E-state index in [-0.39, 0.29) is 5.71 Å². The van der Waals surface area contributed by atoms with Crippen molar-refractivity contribution in [2.24, 2.45) is 5.10 Å². The number of carbonyl (C=O) groups excluding carboxylic acids is 2. The number of amides is 2. The number of aliphatic hydroxyl groups is 2. The van der Waals surface area contributed by atoms with Gasteiger partial charge in [0.2, 0.25) is 5.72 Å². The van der Waals surface area contributed by atoms with Gasteiger partial charge in [-0.1, -0.05) is 46.3 Å². The van der Waals surface area contributed by atoms with E-state index in [2.05, 4.69) is 26.3 Å². The molecule has 8 heteroatoms. The molecule has 2 aromatic carbocycles. The number of nitrogens with zero attached hydrogens (tertiary/aromatic N) is 2. The lowest BCUT2D eigenvalue weighted by Crippen LogP contribution is -2.41. The van der Waals surface area contributed by atoms with Gasteiger partial charge in [-0.3, -0.25) is 9.59 Å². The van der Waals surface area contributed by atoms with Crippen molar-refractivity contribution in [1.29, 1.82) is 0 Å². The summed E-state index contributed by atoms with van der Waals surface area (Å²) in [6.07, 6.45) is 1.00. The van der Waals surface area contributed by atoms with Crippen molar-refractivity contribution in [3.05, 3.63) is 76.0 Å². The van der Waals surface area contributed by atoms with E-state index in [0.29, 0.717) is 21.8 Å². The Morgan fingerprint density at radius 3 is 2.58 bits per heavy atom. The molecule has 2 aliphatic rings. The lowest BCUT2D eigenvalue weighted by atomic mass is 10.0. The van der Waals surface area contributed by atoms with Gasteiger partial charge in [-0.25, -0.2) is 0 Å². The predicted octanol–water partition coefficient (Wildman–Crippen LogP) is 2.23. The van der Waals surface area contributed by atoms with Gasteiger partial charge in [-0.2, -0.15) is 10.1 Å². The number of rotatable bonds is 2. The summed E-state index contributed by atoms with van der Waals surface area (Å²) >= 11 is 3.33. The SMILES string of the molecule is O=C1Nc2ccc(Br)cc2/C1=N\N1C(=O)C(O)=C[C@]1(O)c1ccccc1. The number of anilines is 1. The molecule has 0 aliphatic carbocycles. The minimum atomic E-state index is -2.00.